The van der Waals surface area contributed by atoms with E-state index in [1.165, 1.54) is 5.56 Å². The second-order valence-electron chi connectivity index (χ2n) is 7.54. The number of carbonyl (C=O) groups is 2. The van der Waals surface area contributed by atoms with E-state index >= 15 is 0 Å². The van der Waals surface area contributed by atoms with E-state index in [1.807, 2.05) is 28.0 Å². The first-order valence-electron chi connectivity index (χ1n) is 9.58. The average molecular weight is 341 g/mol. The van der Waals surface area contributed by atoms with Crippen LogP contribution in [-0.4, -0.2) is 65.3 Å². The SMILES string of the molecule is O=C(C1CC1)N1CCCN([C@H]2CCN(Cc3ccccc3)C2=O)CC1. The lowest BCUT2D eigenvalue weighted by Crippen LogP contribution is -2.44. The van der Waals surface area contributed by atoms with Gasteiger partial charge in [-0.3, -0.25) is 14.5 Å². The van der Waals surface area contributed by atoms with Gasteiger partial charge >= 0.3 is 0 Å². The smallest absolute Gasteiger partial charge is 0.240 e. The van der Waals surface area contributed by atoms with Gasteiger partial charge in [-0.2, -0.15) is 0 Å². The van der Waals surface area contributed by atoms with Crippen molar-refractivity contribution in [2.75, 3.05) is 32.7 Å². The van der Waals surface area contributed by atoms with E-state index < -0.39 is 0 Å². The van der Waals surface area contributed by atoms with E-state index in [4.69, 9.17) is 0 Å². The minimum Gasteiger partial charge on any atom is -0.341 e. The Labute approximate surface area is 149 Å². The van der Waals surface area contributed by atoms with Gasteiger partial charge in [0.2, 0.25) is 11.8 Å². The summed E-state index contributed by atoms with van der Waals surface area (Å²) in [5.41, 5.74) is 1.19. The highest BCUT2D eigenvalue weighted by Crippen LogP contribution is 2.31. The van der Waals surface area contributed by atoms with E-state index in [0.29, 0.717) is 18.4 Å². The number of carbonyl (C=O) groups excluding carboxylic acids is 2. The van der Waals surface area contributed by atoms with Crippen LogP contribution in [-0.2, 0) is 16.1 Å². The Morgan fingerprint density at radius 1 is 0.960 bits per heavy atom. The molecule has 5 nitrogen and oxygen atoms in total. The maximum absolute atomic E-state index is 12.9. The van der Waals surface area contributed by atoms with Crippen LogP contribution in [0, 0.1) is 5.92 Å². The zero-order valence-corrected chi connectivity index (χ0v) is 14.8. The topological polar surface area (TPSA) is 43.9 Å². The number of amides is 2. The molecule has 1 aromatic carbocycles. The second-order valence-corrected chi connectivity index (χ2v) is 7.54. The van der Waals surface area contributed by atoms with Gasteiger partial charge in [-0.15, -0.1) is 0 Å². The lowest BCUT2D eigenvalue weighted by molar-refractivity contribution is -0.132. The van der Waals surface area contributed by atoms with Crippen LogP contribution >= 0.6 is 0 Å². The molecule has 5 heteroatoms. The summed E-state index contributed by atoms with van der Waals surface area (Å²) in [5.74, 6) is 0.886. The molecule has 3 aliphatic rings. The summed E-state index contributed by atoms with van der Waals surface area (Å²) in [6, 6.07) is 10.2. The maximum Gasteiger partial charge on any atom is 0.240 e. The minimum absolute atomic E-state index is 0.000288. The molecule has 2 amide bonds. The van der Waals surface area contributed by atoms with Gasteiger partial charge in [0.1, 0.15) is 0 Å². The Morgan fingerprint density at radius 2 is 1.76 bits per heavy atom. The number of rotatable bonds is 4. The molecule has 2 aliphatic heterocycles. The summed E-state index contributed by atoms with van der Waals surface area (Å²) in [6.07, 6.45) is 4.01. The molecule has 0 radical (unpaired) electrons. The summed E-state index contributed by atoms with van der Waals surface area (Å²) in [5, 5.41) is 0. The highest BCUT2D eigenvalue weighted by Gasteiger charge is 2.38. The quantitative estimate of drug-likeness (QED) is 0.838. The van der Waals surface area contributed by atoms with E-state index in [9.17, 15) is 9.59 Å². The minimum atomic E-state index is -0.000288. The van der Waals surface area contributed by atoms with Gasteiger partial charge in [0.15, 0.2) is 0 Å². The first kappa shape index (κ1) is 16.6. The third-order valence-corrected chi connectivity index (χ3v) is 5.69. The number of nitrogens with zero attached hydrogens (tertiary/aromatic N) is 3. The summed E-state index contributed by atoms with van der Waals surface area (Å²) in [4.78, 5) is 31.5. The van der Waals surface area contributed by atoms with Gasteiger partial charge < -0.3 is 9.80 Å². The predicted octanol–water partition coefficient (Wildman–Crippen LogP) is 1.73. The van der Waals surface area contributed by atoms with Crippen LogP contribution in [0.1, 0.15) is 31.2 Å². The van der Waals surface area contributed by atoms with Gasteiger partial charge in [0.25, 0.3) is 0 Å². The lowest BCUT2D eigenvalue weighted by atomic mass is 10.2. The molecule has 2 saturated heterocycles. The molecule has 1 atom stereocenters. The first-order chi connectivity index (χ1) is 12.2. The molecule has 4 rings (SSSR count). The molecule has 3 fully saturated rings. The third kappa shape index (κ3) is 3.71. The molecule has 1 aromatic rings. The largest absolute Gasteiger partial charge is 0.341 e. The van der Waals surface area contributed by atoms with Crippen molar-refractivity contribution in [3.05, 3.63) is 35.9 Å². The summed E-state index contributed by atoms with van der Waals surface area (Å²) < 4.78 is 0. The molecular formula is C20H27N3O2. The molecule has 0 N–H and O–H groups in total. The van der Waals surface area contributed by atoms with Gasteiger partial charge in [0, 0.05) is 45.2 Å². The standard InChI is InChI=1S/C20H27N3O2/c24-19(17-7-8-17)22-11-4-10-21(13-14-22)18-9-12-23(20(18)25)15-16-5-2-1-3-6-16/h1-3,5-6,17-18H,4,7-15H2/t18-/m0/s1. The van der Waals surface area contributed by atoms with Crippen LogP contribution < -0.4 is 0 Å². The van der Waals surface area contributed by atoms with Gasteiger partial charge in [-0.25, -0.2) is 0 Å². The normalized spacial score (nSPS) is 25.3. The van der Waals surface area contributed by atoms with Crippen LogP contribution in [0.2, 0.25) is 0 Å². The molecule has 1 saturated carbocycles. The fourth-order valence-electron chi connectivity index (χ4n) is 4.08. The Balaban J connectivity index is 1.34. The Hall–Kier alpha value is -1.88. The van der Waals surface area contributed by atoms with Crippen molar-refractivity contribution >= 4 is 11.8 Å². The molecule has 134 valence electrons. The zero-order valence-electron chi connectivity index (χ0n) is 14.8. The number of benzene rings is 1. The van der Waals surface area contributed by atoms with Crippen LogP contribution in [0.4, 0.5) is 0 Å². The molecule has 0 unspecified atom stereocenters. The average Bonchev–Trinajstić information content (AvgIpc) is 3.45. The Kier molecular flexibility index (Phi) is 4.75. The van der Waals surface area contributed by atoms with Crippen molar-refractivity contribution in [1.29, 1.82) is 0 Å². The fourth-order valence-corrected chi connectivity index (χ4v) is 4.08. The summed E-state index contributed by atoms with van der Waals surface area (Å²) in [7, 11) is 0. The number of likely N-dealkylation sites (tertiary alicyclic amines) is 1. The van der Waals surface area contributed by atoms with Crippen LogP contribution in [0.5, 0.6) is 0 Å². The molecule has 0 spiro atoms. The van der Waals surface area contributed by atoms with E-state index in [1.54, 1.807) is 0 Å². The molecule has 0 bridgehead atoms. The van der Waals surface area contributed by atoms with Gasteiger partial charge in [-0.1, -0.05) is 30.3 Å². The van der Waals surface area contributed by atoms with Crippen molar-refractivity contribution in [3.63, 3.8) is 0 Å². The highest BCUT2D eigenvalue weighted by atomic mass is 16.2. The molecule has 0 aromatic heterocycles. The second kappa shape index (κ2) is 7.16. The summed E-state index contributed by atoms with van der Waals surface area (Å²) in [6.45, 7) is 4.91. The Bertz CT molecular complexity index is 629. The monoisotopic (exact) mass is 341 g/mol. The maximum atomic E-state index is 12.9. The fraction of sp³-hybridized carbons (Fsp3) is 0.600. The summed E-state index contributed by atoms with van der Waals surface area (Å²) >= 11 is 0. The van der Waals surface area contributed by atoms with Crippen LogP contribution in [0.3, 0.4) is 0 Å². The van der Waals surface area contributed by atoms with Gasteiger partial charge in [0.05, 0.1) is 6.04 Å². The molecule has 2 heterocycles. The number of hydrogen-bond acceptors (Lipinski definition) is 3. The van der Waals surface area contributed by atoms with Crippen molar-refractivity contribution < 1.29 is 9.59 Å². The highest BCUT2D eigenvalue weighted by molar-refractivity contribution is 5.84. The number of hydrogen-bond donors (Lipinski definition) is 0. The molecule has 1 aliphatic carbocycles. The third-order valence-electron chi connectivity index (χ3n) is 5.69. The Morgan fingerprint density at radius 3 is 2.52 bits per heavy atom. The van der Waals surface area contributed by atoms with Crippen molar-refractivity contribution in [2.45, 2.75) is 38.3 Å². The van der Waals surface area contributed by atoms with Gasteiger partial charge in [-0.05, 0) is 31.2 Å². The predicted molar refractivity (Wildman–Crippen MR) is 95.8 cm³/mol. The van der Waals surface area contributed by atoms with Crippen LogP contribution in [0.15, 0.2) is 30.3 Å². The van der Waals surface area contributed by atoms with Crippen molar-refractivity contribution in [2.24, 2.45) is 5.92 Å². The lowest BCUT2D eigenvalue weighted by Gasteiger charge is -2.26. The van der Waals surface area contributed by atoms with E-state index in [-0.39, 0.29) is 11.9 Å². The van der Waals surface area contributed by atoms with E-state index in [2.05, 4.69) is 17.0 Å². The van der Waals surface area contributed by atoms with E-state index in [0.717, 1.165) is 58.4 Å². The van der Waals surface area contributed by atoms with Crippen LogP contribution in [0.25, 0.3) is 0 Å². The first-order valence-corrected chi connectivity index (χ1v) is 9.58. The van der Waals surface area contributed by atoms with Crippen molar-refractivity contribution in [1.82, 2.24) is 14.7 Å². The molecule has 25 heavy (non-hydrogen) atoms. The zero-order chi connectivity index (χ0) is 17.2. The van der Waals surface area contributed by atoms with Crippen molar-refractivity contribution in [3.8, 4) is 0 Å². The molecular weight excluding hydrogens is 314 g/mol.